The fourth-order valence-corrected chi connectivity index (χ4v) is 2.52. The van der Waals surface area contributed by atoms with Crippen LogP contribution in [0.3, 0.4) is 0 Å². The minimum absolute atomic E-state index is 0.0811. The molecule has 1 heterocycles. The molecule has 26 heavy (non-hydrogen) atoms. The second kappa shape index (κ2) is 8.51. The summed E-state index contributed by atoms with van der Waals surface area (Å²) in [5.41, 5.74) is 5.99. The van der Waals surface area contributed by atoms with E-state index in [2.05, 4.69) is 10.3 Å². The molecule has 0 unspecified atom stereocenters. The molecule has 3 N–H and O–H groups in total. The van der Waals surface area contributed by atoms with Crippen molar-refractivity contribution in [2.24, 2.45) is 10.7 Å². The van der Waals surface area contributed by atoms with Gasteiger partial charge in [-0.2, -0.15) is 0 Å². The molecule has 1 fully saturated rings. The van der Waals surface area contributed by atoms with E-state index in [4.69, 9.17) is 10.5 Å². The van der Waals surface area contributed by atoms with E-state index in [0.29, 0.717) is 25.1 Å². The number of amides is 2. The van der Waals surface area contributed by atoms with Crippen LogP contribution in [0.15, 0.2) is 41.5 Å². The van der Waals surface area contributed by atoms with Gasteiger partial charge in [-0.05, 0) is 63.7 Å². The maximum Gasteiger partial charge on any atom is 0.410 e. The molecule has 0 radical (unpaired) electrons. The van der Waals surface area contributed by atoms with Crippen LogP contribution in [0.2, 0.25) is 0 Å². The van der Waals surface area contributed by atoms with Crippen LogP contribution in [-0.2, 0) is 4.74 Å². The fraction of sp³-hybridized carbons (Fsp3) is 0.421. The molecule has 1 aromatic carbocycles. The minimum Gasteiger partial charge on any atom is -0.444 e. The second-order valence-corrected chi connectivity index (χ2v) is 7.10. The van der Waals surface area contributed by atoms with Gasteiger partial charge in [0.1, 0.15) is 5.60 Å². The van der Waals surface area contributed by atoms with E-state index >= 15 is 0 Å². The van der Waals surface area contributed by atoms with Gasteiger partial charge in [-0.3, -0.25) is 9.79 Å². The Morgan fingerprint density at radius 1 is 1.31 bits per heavy atom. The summed E-state index contributed by atoms with van der Waals surface area (Å²) in [4.78, 5) is 30.2. The molecule has 1 aromatic rings. The molecular formula is C19H26N4O3. The first-order chi connectivity index (χ1) is 12.3. The number of hydrogen-bond acceptors (Lipinski definition) is 5. The number of carbonyl (C=O) groups is 2. The molecule has 0 aromatic heterocycles. The molecule has 2 amide bonds. The first kappa shape index (κ1) is 19.5. The summed E-state index contributed by atoms with van der Waals surface area (Å²) in [5, 5.41) is 2.96. The Morgan fingerprint density at radius 2 is 2.00 bits per heavy atom. The minimum atomic E-state index is -0.525. The number of allylic oxidation sites excluding steroid dienone is 1. The normalized spacial score (nSPS) is 17.8. The molecule has 1 aliphatic heterocycles. The van der Waals surface area contributed by atoms with Crippen LogP contribution in [0.1, 0.15) is 37.6 Å². The summed E-state index contributed by atoms with van der Waals surface area (Å²) in [6, 6.07) is 6.88. The van der Waals surface area contributed by atoms with Crippen LogP contribution < -0.4 is 11.1 Å². The van der Waals surface area contributed by atoms with Crippen LogP contribution >= 0.6 is 0 Å². The number of nitrogens with two attached hydrogens (primary N) is 1. The van der Waals surface area contributed by atoms with E-state index in [1.165, 1.54) is 6.20 Å². The largest absolute Gasteiger partial charge is 0.444 e. The summed E-state index contributed by atoms with van der Waals surface area (Å²) >= 11 is 0. The second-order valence-electron chi connectivity index (χ2n) is 7.10. The Morgan fingerprint density at radius 3 is 2.62 bits per heavy atom. The molecule has 7 nitrogen and oxygen atoms in total. The molecule has 1 saturated heterocycles. The number of aliphatic imine (C=N–C) groups is 1. The van der Waals surface area contributed by atoms with Crippen molar-refractivity contribution in [1.29, 1.82) is 0 Å². The highest BCUT2D eigenvalue weighted by atomic mass is 16.6. The number of benzene rings is 1. The van der Waals surface area contributed by atoms with Gasteiger partial charge < -0.3 is 20.7 Å². The van der Waals surface area contributed by atoms with E-state index in [1.54, 1.807) is 41.5 Å². The van der Waals surface area contributed by atoms with Crippen molar-refractivity contribution in [2.75, 3.05) is 13.1 Å². The van der Waals surface area contributed by atoms with Crippen molar-refractivity contribution in [3.05, 3.63) is 42.1 Å². The summed E-state index contributed by atoms with van der Waals surface area (Å²) in [5.74, 6) is -0.168. The molecule has 0 aliphatic carbocycles. The number of likely N-dealkylation sites (tertiary alicyclic amines) is 1. The van der Waals surface area contributed by atoms with Gasteiger partial charge in [0.2, 0.25) is 0 Å². The number of rotatable bonds is 4. The van der Waals surface area contributed by atoms with Crippen LogP contribution in [0, 0.1) is 0 Å². The maximum atomic E-state index is 12.4. The number of hydrogen-bond donors (Lipinski definition) is 2. The van der Waals surface area contributed by atoms with Gasteiger partial charge in [0, 0.05) is 30.9 Å². The Bertz CT molecular complexity index is 690. The van der Waals surface area contributed by atoms with Crippen LogP contribution in [0.25, 0.3) is 0 Å². The van der Waals surface area contributed by atoms with Crippen LogP contribution in [0.5, 0.6) is 0 Å². The Balaban J connectivity index is 1.87. The standard InChI is InChI=1S/C19H26N4O3/c1-19(2,3)26-18(25)23-12-9-16(13-23)22-17(24)14-5-7-15(8-6-14)21-11-4-10-20/h4-8,10-11,16H,9,12-13,20H2,1-3H3,(H,22,24)/t16-/m1/s1. The molecular weight excluding hydrogens is 332 g/mol. The SMILES string of the molecule is CC(C)(C)OC(=O)N1CC[C@@H](NC(=O)c2ccc(N=CC=CN)cc2)C1. The molecule has 0 spiro atoms. The van der Waals surface area contributed by atoms with Crippen molar-refractivity contribution < 1.29 is 14.3 Å². The Labute approximate surface area is 153 Å². The number of carbonyl (C=O) groups excluding carboxylic acids is 2. The zero-order valence-electron chi connectivity index (χ0n) is 15.4. The van der Waals surface area contributed by atoms with Gasteiger partial charge in [-0.1, -0.05) is 0 Å². The molecule has 1 atom stereocenters. The third-order valence-corrected chi connectivity index (χ3v) is 3.73. The van der Waals surface area contributed by atoms with Gasteiger partial charge in [0.05, 0.1) is 5.69 Å². The lowest BCUT2D eigenvalue weighted by molar-refractivity contribution is 0.0290. The number of nitrogens with one attached hydrogen (secondary N) is 1. The average molecular weight is 358 g/mol. The third kappa shape index (κ3) is 5.91. The number of ether oxygens (including phenoxy) is 1. The first-order valence-corrected chi connectivity index (χ1v) is 8.58. The van der Waals surface area contributed by atoms with Crippen LogP contribution in [-0.4, -0.2) is 47.8 Å². The third-order valence-electron chi connectivity index (χ3n) is 3.73. The summed E-state index contributed by atoms with van der Waals surface area (Å²) in [7, 11) is 0. The van der Waals surface area contributed by atoms with Crippen molar-refractivity contribution in [1.82, 2.24) is 10.2 Å². The van der Waals surface area contributed by atoms with Gasteiger partial charge in [0.15, 0.2) is 0 Å². The smallest absolute Gasteiger partial charge is 0.410 e. The molecule has 2 rings (SSSR count). The number of nitrogens with zero attached hydrogens (tertiary/aromatic N) is 2. The zero-order chi connectivity index (χ0) is 19.2. The predicted molar refractivity (Wildman–Crippen MR) is 102 cm³/mol. The Hall–Kier alpha value is -2.83. The quantitative estimate of drug-likeness (QED) is 0.809. The summed E-state index contributed by atoms with van der Waals surface area (Å²) < 4.78 is 5.36. The van der Waals surface area contributed by atoms with Gasteiger partial charge in [0.25, 0.3) is 5.91 Å². The zero-order valence-corrected chi connectivity index (χ0v) is 15.4. The summed E-state index contributed by atoms with van der Waals surface area (Å²) in [6.45, 7) is 6.53. The highest BCUT2D eigenvalue weighted by Gasteiger charge is 2.30. The van der Waals surface area contributed by atoms with E-state index in [9.17, 15) is 9.59 Å². The maximum absolute atomic E-state index is 12.4. The lowest BCUT2D eigenvalue weighted by Crippen LogP contribution is -2.40. The lowest BCUT2D eigenvalue weighted by atomic mass is 10.1. The van der Waals surface area contributed by atoms with E-state index in [0.717, 1.165) is 5.69 Å². The van der Waals surface area contributed by atoms with Crippen molar-refractivity contribution >= 4 is 23.9 Å². The van der Waals surface area contributed by atoms with Gasteiger partial charge in [-0.15, -0.1) is 0 Å². The van der Waals surface area contributed by atoms with E-state index < -0.39 is 5.60 Å². The molecule has 0 bridgehead atoms. The van der Waals surface area contributed by atoms with Crippen molar-refractivity contribution in [3.8, 4) is 0 Å². The van der Waals surface area contributed by atoms with Gasteiger partial charge in [-0.25, -0.2) is 4.79 Å². The molecule has 7 heteroatoms. The van der Waals surface area contributed by atoms with Crippen molar-refractivity contribution in [2.45, 2.75) is 38.8 Å². The average Bonchev–Trinajstić information content (AvgIpc) is 3.03. The van der Waals surface area contributed by atoms with Crippen molar-refractivity contribution in [3.63, 3.8) is 0 Å². The molecule has 1 aliphatic rings. The van der Waals surface area contributed by atoms with E-state index in [-0.39, 0.29) is 18.0 Å². The lowest BCUT2D eigenvalue weighted by Gasteiger charge is -2.24. The first-order valence-electron chi connectivity index (χ1n) is 8.58. The Kier molecular flexibility index (Phi) is 6.38. The highest BCUT2D eigenvalue weighted by Crippen LogP contribution is 2.17. The fourth-order valence-electron chi connectivity index (χ4n) is 2.52. The molecule has 140 valence electrons. The van der Waals surface area contributed by atoms with Gasteiger partial charge >= 0.3 is 6.09 Å². The van der Waals surface area contributed by atoms with Crippen LogP contribution in [0.4, 0.5) is 10.5 Å². The molecule has 0 saturated carbocycles. The summed E-state index contributed by atoms with van der Waals surface area (Å²) in [6.07, 6.45) is 4.96. The predicted octanol–water partition coefficient (Wildman–Crippen LogP) is 2.60. The highest BCUT2D eigenvalue weighted by molar-refractivity contribution is 5.94. The van der Waals surface area contributed by atoms with E-state index in [1.807, 2.05) is 20.8 Å². The topological polar surface area (TPSA) is 97.0 Å². The monoisotopic (exact) mass is 358 g/mol.